The number of fused-ring (bicyclic) bond motifs is 1. The van der Waals surface area contributed by atoms with Crippen LogP contribution < -0.4 is 5.32 Å². The molecule has 3 rings (SSSR count). The van der Waals surface area contributed by atoms with Gasteiger partial charge < -0.3 is 10.3 Å². The number of halogens is 1. The molecule has 0 fully saturated rings. The van der Waals surface area contributed by atoms with Crippen LogP contribution in [0.1, 0.15) is 15.4 Å². The molecule has 0 aliphatic carbocycles. The van der Waals surface area contributed by atoms with Crippen LogP contribution in [0.15, 0.2) is 36.8 Å². The molecular formula is C14H12FN3OS. The molecule has 3 aromatic rings. The van der Waals surface area contributed by atoms with E-state index in [0.717, 1.165) is 15.8 Å². The summed E-state index contributed by atoms with van der Waals surface area (Å²) in [6, 6.07) is 6.25. The molecule has 0 spiro atoms. The molecule has 4 nitrogen and oxygen atoms in total. The highest BCUT2D eigenvalue weighted by atomic mass is 32.1. The van der Waals surface area contributed by atoms with Crippen LogP contribution in [0, 0.1) is 5.82 Å². The molecule has 0 bridgehead atoms. The maximum atomic E-state index is 13.1. The molecule has 6 heteroatoms. The van der Waals surface area contributed by atoms with E-state index in [1.807, 2.05) is 0 Å². The number of aromatic nitrogens is 2. The molecule has 1 aromatic carbocycles. The van der Waals surface area contributed by atoms with Gasteiger partial charge >= 0.3 is 0 Å². The van der Waals surface area contributed by atoms with E-state index >= 15 is 0 Å². The Hall–Kier alpha value is -2.21. The summed E-state index contributed by atoms with van der Waals surface area (Å²) in [5, 5.41) is 3.60. The summed E-state index contributed by atoms with van der Waals surface area (Å²) in [6.45, 7) is 0.531. The molecule has 0 aliphatic heterocycles. The number of thiophene rings is 1. The number of nitrogens with zero attached hydrogens (tertiary/aromatic N) is 1. The Kier molecular flexibility index (Phi) is 3.47. The first-order valence-electron chi connectivity index (χ1n) is 6.17. The number of H-pyrrole nitrogens is 1. The first-order valence-corrected chi connectivity index (χ1v) is 6.98. The van der Waals surface area contributed by atoms with Gasteiger partial charge in [-0.05, 0) is 29.7 Å². The number of amides is 1. The van der Waals surface area contributed by atoms with Crippen LogP contribution in [0.25, 0.3) is 10.1 Å². The van der Waals surface area contributed by atoms with Crippen molar-refractivity contribution >= 4 is 27.3 Å². The third-order valence-corrected chi connectivity index (χ3v) is 4.05. The number of aromatic amines is 1. The topological polar surface area (TPSA) is 57.8 Å². The fourth-order valence-corrected chi connectivity index (χ4v) is 2.90. The lowest BCUT2D eigenvalue weighted by atomic mass is 10.2. The van der Waals surface area contributed by atoms with Gasteiger partial charge in [-0.3, -0.25) is 4.79 Å². The van der Waals surface area contributed by atoms with Gasteiger partial charge in [0.15, 0.2) is 0 Å². The monoisotopic (exact) mass is 289 g/mol. The van der Waals surface area contributed by atoms with Gasteiger partial charge in [-0.15, -0.1) is 11.3 Å². The van der Waals surface area contributed by atoms with Crippen molar-refractivity contribution < 1.29 is 9.18 Å². The van der Waals surface area contributed by atoms with Crippen molar-refractivity contribution in [3.05, 3.63) is 53.2 Å². The van der Waals surface area contributed by atoms with Crippen molar-refractivity contribution in [3.8, 4) is 0 Å². The molecule has 2 aromatic heterocycles. The van der Waals surface area contributed by atoms with Crippen molar-refractivity contribution in [1.29, 1.82) is 0 Å². The predicted octanol–water partition coefficient (Wildman–Crippen LogP) is 2.74. The first kappa shape index (κ1) is 12.8. The maximum absolute atomic E-state index is 13.1. The van der Waals surface area contributed by atoms with Crippen LogP contribution >= 0.6 is 11.3 Å². The standard InChI is InChI=1S/C14H12FN3OS/c15-10-1-2-12-9(5-10)6-13(20-12)14(19)17-4-3-11-7-16-8-18-11/h1-2,5-8H,3-4H2,(H,16,18)(H,17,19). The Balaban J connectivity index is 1.66. The fourth-order valence-electron chi connectivity index (χ4n) is 1.95. The summed E-state index contributed by atoms with van der Waals surface area (Å²) < 4.78 is 14.0. The minimum atomic E-state index is -0.290. The van der Waals surface area contributed by atoms with Crippen LogP contribution in [0.3, 0.4) is 0 Å². The zero-order valence-electron chi connectivity index (χ0n) is 10.5. The first-order chi connectivity index (χ1) is 9.72. The number of nitrogens with one attached hydrogen (secondary N) is 2. The predicted molar refractivity (Wildman–Crippen MR) is 76.4 cm³/mol. The molecule has 0 aliphatic rings. The van der Waals surface area contributed by atoms with Crippen molar-refractivity contribution in [2.24, 2.45) is 0 Å². The Morgan fingerprint density at radius 1 is 1.40 bits per heavy atom. The minimum Gasteiger partial charge on any atom is -0.351 e. The van der Waals surface area contributed by atoms with Crippen LogP contribution in [-0.2, 0) is 6.42 Å². The third-order valence-electron chi connectivity index (χ3n) is 2.94. The van der Waals surface area contributed by atoms with Crippen LogP contribution in [0.2, 0.25) is 0 Å². The second-order valence-corrected chi connectivity index (χ2v) is 5.46. The molecule has 20 heavy (non-hydrogen) atoms. The molecular weight excluding hydrogens is 277 g/mol. The summed E-state index contributed by atoms with van der Waals surface area (Å²) in [5.74, 6) is -0.423. The van der Waals surface area contributed by atoms with Gasteiger partial charge in [0.25, 0.3) is 5.91 Å². The van der Waals surface area contributed by atoms with E-state index < -0.39 is 0 Å². The van der Waals surface area contributed by atoms with Crippen molar-refractivity contribution in [3.63, 3.8) is 0 Å². The molecule has 2 N–H and O–H groups in total. The Bertz CT molecular complexity index is 736. The average Bonchev–Trinajstić information content (AvgIpc) is 3.06. The summed E-state index contributed by atoms with van der Waals surface area (Å²) in [6.07, 6.45) is 4.04. The molecule has 0 radical (unpaired) electrons. The molecule has 0 saturated heterocycles. The SMILES string of the molecule is O=C(NCCc1cnc[nH]1)c1cc2cc(F)ccc2s1. The molecule has 0 unspecified atom stereocenters. The van der Waals surface area contributed by atoms with Crippen molar-refractivity contribution in [2.45, 2.75) is 6.42 Å². The van der Waals surface area contributed by atoms with Crippen LogP contribution in [0.5, 0.6) is 0 Å². The second-order valence-electron chi connectivity index (χ2n) is 4.38. The van der Waals surface area contributed by atoms with Crippen LogP contribution in [-0.4, -0.2) is 22.4 Å². The highest BCUT2D eigenvalue weighted by molar-refractivity contribution is 7.20. The van der Waals surface area contributed by atoms with Gasteiger partial charge in [0.05, 0.1) is 11.2 Å². The largest absolute Gasteiger partial charge is 0.351 e. The van der Waals surface area contributed by atoms with Crippen LogP contribution in [0.4, 0.5) is 4.39 Å². The number of hydrogen-bond donors (Lipinski definition) is 2. The smallest absolute Gasteiger partial charge is 0.261 e. The minimum absolute atomic E-state index is 0.133. The van der Waals surface area contributed by atoms with Crippen molar-refractivity contribution in [1.82, 2.24) is 15.3 Å². The summed E-state index contributed by atoms with van der Waals surface area (Å²) in [5.41, 5.74) is 0.976. The van der Waals surface area contributed by atoms with Gasteiger partial charge in [-0.25, -0.2) is 9.37 Å². The van der Waals surface area contributed by atoms with E-state index in [4.69, 9.17) is 0 Å². The molecule has 0 saturated carbocycles. The van der Waals surface area contributed by atoms with E-state index in [9.17, 15) is 9.18 Å². The van der Waals surface area contributed by atoms with Gasteiger partial charge in [-0.1, -0.05) is 0 Å². The second kappa shape index (κ2) is 5.42. The quantitative estimate of drug-likeness (QED) is 0.776. The molecule has 102 valence electrons. The normalized spacial score (nSPS) is 10.8. The zero-order valence-corrected chi connectivity index (χ0v) is 11.3. The number of benzene rings is 1. The van der Waals surface area contributed by atoms with E-state index in [1.54, 1.807) is 24.7 Å². The summed E-state index contributed by atoms with van der Waals surface area (Å²) in [4.78, 5) is 19.5. The summed E-state index contributed by atoms with van der Waals surface area (Å²) in [7, 11) is 0. The van der Waals surface area contributed by atoms with E-state index in [0.29, 0.717) is 17.8 Å². The Morgan fingerprint density at radius 3 is 3.10 bits per heavy atom. The van der Waals surface area contributed by atoms with E-state index in [1.165, 1.54) is 23.5 Å². The lowest BCUT2D eigenvalue weighted by Gasteiger charge is -2.01. The van der Waals surface area contributed by atoms with Gasteiger partial charge in [0, 0.05) is 29.6 Å². The molecule has 0 atom stereocenters. The fraction of sp³-hybridized carbons (Fsp3) is 0.143. The lowest BCUT2D eigenvalue weighted by molar-refractivity contribution is 0.0958. The number of carbonyl (C=O) groups is 1. The lowest BCUT2D eigenvalue weighted by Crippen LogP contribution is -2.24. The average molecular weight is 289 g/mol. The van der Waals surface area contributed by atoms with E-state index in [-0.39, 0.29) is 11.7 Å². The van der Waals surface area contributed by atoms with E-state index in [2.05, 4.69) is 15.3 Å². The number of imidazole rings is 1. The van der Waals surface area contributed by atoms with Gasteiger partial charge in [0.2, 0.25) is 0 Å². The molecule has 1 amide bonds. The number of carbonyl (C=O) groups excluding carboxylic acids is 1. The third kappa shape index (κ3) is 2.70. The Morgan fingerprint density at radius 2 is 2.30 bits per heavy atom. The Labute approximate surface area is 118 Å². The van der Waals surface area contributed by atoms with Gasteiger partial charge in [-0.2, -0.15) is 0 Å². The number of hydrogen-bond acceptors (Lipinski definition) is 3. The maximum Gasteiger partial charge on any atom is 0.261 e. The van der Waals surface area contributed by atoms with Crippen molar-refractivity contribution in [2.75, 3.05) is 6.54 Å². The van der Waals surface area contributed by atoms with Gasteiger partial charge in [0.1, 0.15) is 5.82 Å². The highest BCUT2D eigenvalue weighted by Gasteiger charge is 2.10. The highest BCUT2D eigenvalue weighted by Crippen LogP contribution is 2.26. The zero-order chi connectivity index (χ0) is 13.9. The summed E-state index contributed by atoms with van der Waals surface area (Å²) >= 11 is 1.36. The number of rotatable bonds is 4. The molecule has 2 heterocycles.